The first-order chi connectivity index (χ1) is 15.8. The maximum absolute atomic E-state index is 6.31. The molecule has 182 valence electrons. The summed E-state index contributed by atoms with van der Waals surface area (Å²) < 4.78 is 5.95. The second-order valence-corrected chi connectivity index (χ2v) is 9.61. The minimum Gasteiger partial charge on any atom is -0.495 e. The van der Waals surface area contributed by atoms with Crippen molar-refractivity contribution in [3.63, 3.8) is 0 Å². The number of benzene rings is 1. The van der Waals surface area contributed by atoms with E-state index < -0.39 is 0 Å². The fourth-order valence-corrected chi connectivity index (χ4v) is 5.29. The third kappa shape index (κ3) is 5.86. The third-order valence-electron chi connectivity index (χ3n) is 6.93. The summed E-state index contributed by atoms with van der Waals surface area (Å²) in [4.78, 5) is 16.4. The number of quaternary nitrogens is 1. The lowest BCUT2D eigenvalue weighted by Gasteiger charge is -2.47. The van der Waals surface area contributed by atoms with E-state index in [1.165, 1.54) is 0 Å². The number of aromatic nitrogens is 3. The highest BCUT2D eigenvalue weighted by Gasteiger charge is 2.45. The van der Waals surface area contributed by atoms with Gasteiger partial charge < -0.3 is 20.7 Å². The first kappa shape index (κ1) is 25.5. The molecule has 33 heavy (non-hydrogen) atoms. The van der Waals surface area contributed by atoms with Crippen molar-refractivity contribution in [2.45, 2.75) is 64.5 Å². The van der Waals surface area contributed by atoms with Gasteiger partial charge >= 0.3 is 5.95 Å². The highest BCUT2D eigenvalue weighted by molar-refractivity contribution is 6.32. The van der Waals surface area contributed by atoms with Crippen molar-refractivity contribution in [3.8, 4) is 5.75 Å². The average Bonchev–Trinajstić information content (AvgIpc) is 2.78. The van der Waals surface area contributed by atoms with Gasteiger partial charge in [-0.1, -0.05) is 38.3 Å². The van der Waals surface area contributed by atoms with Crippen LogP contribution in [0.1, 0.15) is 52.4 Å². The van der Waals surface area contributed by atoms with Gasteiger partial charge in [0.25, 0.3) is 0 Å². The van der Waals surface area contributed by atoms with Crippen molar-refractivity contribution in [1.29, 1.82) is 0 Å². The van der Waals surface area contributed by atoms with Gasteiger partial charge in [-0.3, -0.25) is 4.48 Å². The SMILES string of the molecule is CCCC(CCC)[N+](C)(c1nc(N)nc(Nc2ccc(OC)c(Cl)c2)n1)C1CCN(C)CC1. The molecule has 1 fully saturated rings. The van der Waals surface area contributed by atoms with Crippen LogP contribution in [-0.4, -0.2) is 66.2 Å². The highest BCUT2D eigenvalue weighted by atomic mass is 35.5. The van der Waals surface area contributed by atoms with Gasteiger partial charge in [-0.25, -0.2) is 0 Å². The molecule has 0 spiro atoms. The van der Waals surface area contributed by atoms with Crippen LogP contribution in [0.25, 0.3) is 0 Å². The molecule has 3 rings (SSSR count). The molecular weight excluding hydrogens is 438 g/mol. The lowest BCUT2D eigenvalue weighted by molar-refractivity contribution is 0.0944. The van der Waals surface area contributed by atoms with Crippen molar-refractivity contribution >= 4 is 35.1 Å². The summed E-state index contributed by atoms with van der Waals surface area (Å²) >= 11 is 6.31. The lowest BCUT2D eigenvalue weighted by atomic mass is 9.94. The fraction of sp³-hybridized carbons (Fsp3) is 0.625. The Kier molecular flexibility index (Phi) is 8.73. The van der Waals surface area contributed by atoms with Crippen LogP contribution in [0.2, 0.25) is 5.02 Å². The summed E-state index contributed by atoms with van der Waals surface area (Å²) in [6.45, 7) is 6.67. The Labute approximate surface area is 203 Å². The molecule has 0 amide bonds. The van der Waals surface area contributed by atoms with E-state index in [4.69, 9.17) is 32.0 Å². The van der Waals surface area contributed by atoms with Gasteiger partial charge in [-0.15, -0.1) is 9.97 Å². The number of hydrogen-bond donors (Lipinski definition) is 2. The second kappa shape index (κ2) is 11.3. The molecule has 0 aliphatic carbocycles. The molecule has 9 heteroatoms. The molecule has 0 bridgehead atoms. The highest BCUT2D eigenvalue weighted by Crippen LogP contribution is 2.35. The number of methoxy groups -OCH3 is 1. The Morgan fingerprint density at radius 2 is 1.85 bits per heavy atom. The molecule has 2 heterocycles. The van der Waals surface area contributed by atoms with Crippen LogP contribution in [0, 0.1) is 0 Å². The molecule has 2 aromatic rings. The Bertz CT molecular complexity index is 914. The van der Waals surface area contributed by atoms with Gasteiger partial charge in [0.2, 0.25) is 11.9 Å². The van der Waals surface area contributed by atoms with Crippen molar-refractivity contribution < 1.29 is 4.74 Å². The van der Waals surface area contributed by atoms with Crippen molar-refractivity contribution in [3.05, 3.63) is 23.2 Å². The Morgan fingerprint density at radius 1 is 1.18 bits per heavy atom. The first-order valence-corrected chi connectivity index (χ1v) is 12.4. The summed E-state index contributed by atoms with van der Waals surface area (Å²) in [6.07, 6.45) is 6.72. The summed E-state index contributed by atoms with van der Waals surface area (Å²) in [7, 11) is 6.09. The smallest absolute Gasteiger partial charge is 0.335 e. The number of nitrogen functional groups attached to an aromatic ring is 1. The zero-order chi connectivity index (χ0) is 24.0. The van der Waals surface area contributed by atoms with Crippen LogP contribution in [0.4, 0.5) is 23.5 Å². The first-order valence-electron chi connectivity index (χ1n) is 12.0. The van der Waals surface area contributed by atoms with Crippen LogP contribution >= 0.6 is 11.6 Å². The normalized spacial score (nSPS) is 17.2. The average molecular weight is 477 g/mol. The fourth-order valence-electron chi connectivity index (χ4n) is 5.03. The van der Waals surface area contributed by atoms with Gasteiger partial charge in [-0.2, -0.15) is 4.98 Å². The van der Waals surface area contributed by atoms with Gasteiger partial charge in [0, 0.05) is 31.6 Å². The number of anilines is 3. The van der Waals surface area contributed by atoms with Crippen LogP contribution in [0.3, 0.4) is 0 Å². The van der Waals surface area contributed by atoms with E-state index in [0.717, 1.165) is 63.3 Å². The summed E-state index contributed by atoms with van der Waals surface area (Å²) in [5, 5.41) is 3.78. The predicted octanol–water partition coefficient (Wildman–Crippen LogP) is 4.86. The topological polar surface area (TPSA) is 89.2 Å². The lowest BCUT2D eigenvalue weighted by Crippen LogP contribution is -2.63. The zero-order valence-electron chi connectivity index (χ0n) is 20.6. The van der Waals surface area contributed by atoms with Crippen LogP contribution in [0.15, 0.2) is 18.2 Å². The van der Waals surface area contributed by atoms with E-state index in [-0.39, 0.29) is 5.95 Å². The molecule has 0 saturated carbocycles. The maximum Gasteiger partial charge on any atom is 0.335 e. The number of ether oxygens (including phenoxy) is 1. The van der Waals surface area contributed by atoms with Crippen molar-refractivity contribution in [2.24, 2.45) is 0 Å². The van der Waals surface area contributed by atoms with E-state index in [1.54, 1.807) is 13.2 Å². The number of piperidine rings is 1. The van der Waals surface area contributed by atoms with E-state index in [9.17, 15) is 0 Å². The standard InChI is InChI=1S/C24H39ClN7O/c1-6-8-18(9-7-2)32(4,19-12-14-31(3)15-13-19)24-29-22(26)28-23(30-24)27-17-10-11-21(33-5)20(25)16-17/h10-11,16,18-19H,6-9,12-15H2,1-5H3,(H3,26,27,28,29,30)/q+1. The van der Waals surface area contributed by atoms with Crippen LogP contribution < -0.4 is 20.3 Å². The maximum atomic E-state index is 6.31. The monoisotopic (exact) mass is 476 g/mol. The summed E-state index contributed by atoms with van der Waals surface area (Å²) in [5.74, 6) is 2.02. The quantitative estimate of drug-likeness (QED) is 0.473. The molecule has 1 aliphatic rings. The molecule has 3 N–H and O–H groups in total. The van der Waals surface area contributed by atoms with Crippen molar-refractivity contribution in [1.82, 2.24) is 24.3 Å². The summed E-state index contributed by atoms with van der Waals surface area (Å²) in [6, 6.07) is 6.36. The van der Waals surface area contributed by atoms with E-state index >= 15 is 0 Å². The van der Waals surface area contributed by atoms with Crippen LogP contribution in [0.5, 0.6) is 5.75 Å². The molecule has 8 nitrogen and oxygen atoms in total. The largest absolute Gasteiger partial charge is 0.495 e. The zero-order valence-corrected chi connectivity index (χ0v) is 21.4. The predicted molar refractivity (Wildman–Crippen MR) is 137 cm³/mol. The number of nitrogens with two attached hydrogens (primary N) is 1. The molecule has 1 aliphatic heterocycles. The molecule has 0 radical (unpaired) electrons. The molecule has 1 unspecified atom stereocenters. The van der Waals surface area contributed by atoms with E-state index in [2.05, 4.69) is 43.1 Å². The Hall–Kier alpha value is -2.16. The second-order valence-electron chi connectivity index (χ2n) is 9.20. The van der Waals surface area contributed by atoms with Gasteiger partial charge in [0.15, 0.2) is 0 Å². The number of halogens is 1. The minimum atomic E-state index is 0.228. The van der Waals surface area contributed by atoms with Gasteiger partial charge in [0.1, 0.15) is 5.75 Å². The molecule has 1 atom stereocenters. The van der Waals surface area contributed by atoms with Gasteiger partial charge in [-0.05, 0) is 38.1 Å². The van der Waals surface area contributed by atoms with Crippen molar-refractivity contribution in [2.75, 3.05) is 45.3 Å². The van der Waals surface area contributed by atoms with Gasteiger partial charge in [0.05, 0.1) is 31.3 Å². The molecule has 1 aromatic carbocycles. The Balaban J connectivity index is 2.00. The molecular formula is C24H39ClN7O+. The van der Waals surface area contributed by atoms with E-state index in [1.807, 2.05) is 12.1 Å². The third-order valence-corrected chi connectivity index (χ3v) is 7.22. The molecule has 1 saturated heterocycles. The minimum absolute atomic E-state index is 0.228. The number of rotatable bonds is 10. The number of likely N-dealkylation sites (tertiary alicyclic amines) is 1. The molecule has 1 aromatic heterocycles. The number of nitrogens with one attached hydrogen (secondary N) is 1. The van der Waals surface area contributed by atoms with Crippen LogP contribution in [-0.2, 0) is 0 Å². The summed E-state index contributed by atoms with van der Waals surface area (Å²) in [5.41, 5.74) is 6.99. The Morgan fingerprint density at radius 3 is 2.42 bits per heavy atom. The van der Waals surface area contributed by atoms with E-state index in [0.29, 0.717) is 33.3 Å². The number of hydrogen-bond acceptors (Lipinski definition) is 7. The number of nitrogens with zero attached hydrogens (tertiary/aromatic N) is 5.